The maximum atomic E-state index is 13.6. The normalized spacial score (nSPS) is 24.3. The van der Waals surface area contributed by atoms with E-state index >= 15 is 0 Å². The number of ether oxygens (including phenoxy) is 4. The van der Waals surface area contributed by atoms with Crippen LogP contribution >= 0.6 is 34.8 Å². The summed E-state index contributed by atoms with van der Waals surface area (Å²) < 4.78 is 23.4. The fraction of sp³-hybridized carbons (Fsp3) is 0.517. The molecule has 210 valence electrons. The summed E-state index contributed by atoms with van der Waals surface area (Å²) in [5.74, 6) is -0.0585. The van der Waals surface area contributed by atoms with Crippen molar-refractivity contribution in [3.8, 4) is 23.0 Å². The highest BCUT2D eigenvalue weighted by Crippen LogP contribution is 2.58. The van der Waals surface area contributed by atoms with Crippen LogP contribution in [0.1, 0.15) is 80.5 Å². The van der Waals surface area contributed by atoms with E-state index in [1.165, 1.54) is 13.2 Å². The van der Waals surface area contributed by atoms with E-state index in [2.05, 4.69) is 0 Å². The Labute approximate surface area is 242 Å². The second-order valence-electron chi connectivity index (χ2n) is 11.4. The molecule has 2 bridgehead atoms. The fourth-order valence-electron chi connectivity index (χ4n) is 6.29. The zero-order valence-electron chi connectivity index (χ0n) is 22.2. The zero-order valence-corrected chi connectivity index (χ0v) is 24.5. The number of fused-ring (bicyclic) bond motifs is 4. The molecule has 4 unspecified atom stereocenters. The van der Waals surface area contributed by atoms with Crippen molar-refractivity contribution < 1.29 is 33.6 Å². The van der Waals surface area contributed by atoms with Crippen LogP contribution in [0.15, 0.2) is 12.1 Å². The predicted octanol–water partition coefficient (Wildman–Crippen LogP) is 7.93. The Morgan fingerprint density at radius 2 is 1.90 bits per heavy atom. The predicted molar refractivity (Wildman–Crippen MR) is 147 cm³/mol. The quantitative estimate of drug-likeness (QED) is 0.205. The SMILES string of the molecule is COc1c(C(O)CC(C)C)ccc2c1C(=O)OCc1c(Cl)c(Cl)c(Cl)c(OC(=O)C3(C)CC4CCC3C4)c1O2. The van der Waals surface area contributed by atoms with E-state index in [4.69, 9.17) is 53.8 Å². The number of aliphatic hydroxyl groups excluding tert-OH is 1. The van der Waals surface area contributed by atoms with Gasteiger partial charge >= 0.3 is 11.9 Å². The van der Waals surface area contributed by atoms with Crippen LogP contribution in [0, 0.1) is 23.2 Å². The van der Waals surface area contributed by atoms with Gasteiger partial charge in [0.1, 0.15) is 28.7 Å². The maximum Gasteiger partial charge on any atom is 0.346 e. The summed E-state index contributed by atoms with van der Waals surface area (Å²) >= 11 is 19.6. The molecule has 1 N–H and O–H groups in total. The van der Waals surface area contributed by atoms with E-state index in [1.807, 2.05) is 20.8 Å². The number of hydrogen-bond acceptors (Lipinski definition) is 7. The standard InChI is InChI=1S/C29H31Cl3O7/c1-13(2)9-18(33)16-7-8-19-20(24(16)36-4)27(34)37-12-17-21(30)22(31)23(32)26(25(17)38-19)39-28(35)29(3)11-14-5-6-15(29)10-14/h7-8,13-15,18,33H,5-6,9-12H2,1-4H3. The van der Waals surface area contributed by atoms with Gasteiger partial charge in [0.25, 0.3) is 0 Å². The molecule has 0 saturated heterocycles. The number of rotatable bonds is 6. The smallest absolute Gasteiger partial charge is 0.346 e. The number of carbonyl (C=O) groups excluding carboxylic acids is 2. The summed E-state index contributed by atoms with van der Waals surface area (Å²) in [7, 11) is 1.40. The van der Waals surface area contributed by atoms with Gasteiger partial charge in [-0.1, -0.05) is 55.1 Å². The minimum absolute atomic E-state index is 0.0111. The van der Waals surface area contributed by atoms with Crippen molar-refractivity contribution in [2.75, 3.05) is 7.11 Å². The Morgan fingerprint density at radius 3 is 2.51 bits per heavy atom. The highest BCUT2D eigenvalue weighted by molar-refractivity contribution is 6.49. The molecule has 2 fully saturated rings. The first-order valence-corrected chi connectivity index (χ1v) is 14.2. The summed E-state index contributed by atoms with van der Waals surface area (Å²) in [5.41, 5.74) is -0.0202. The van der Waals surface area contributed by atoms with Crippen molar-refractivity contribution in [1.82, 2.24) is 0 Å². The number of carbonyl (C=O) groups is 2. The zero-order chi connectivity index (χ0) is 28.2. The van der Waals surface area contributed by atoms with Gasteiger partial charge in [-0.05, 0) is 62.5 Å². The first-order chi connectivity index (χ1) is 18.5. The van der Waals surface area contributed by atoms with Gasteiger partial charge in [-0.15, -0.1) is 0 Å². The summed E-state index contributed by atoms with van der Waals surface area (Å²) in [5, 5.41) is 10.7. The number of methoxy groups -OCH3 is 1. The van der Waals surface area contributed by atoms with E-state index in [0.717, 1.165) is 25.7 Å². The van der Waals surface area contributed by atoms with Gasteiger partial charge in [-0.25, -0.2) is 4.79 Å². The average molecular weight is 598 g/mol. The monoisotopic (exact) mass is 596 g/mol. The van der Waals surface area contributed by atoms with Crippen LogP contribution in [0.5, 0.6) is 23.0 Å². The molecule has 10 heteroatoms. The van der Waals surface area contributed by atoms with Gasteiger partial charge < -0.3 is 24.1 Å². The van der Waals surface area contributed by atoms with E-state index in [1.54, 1.807) is 6.07 Å². The molecule has 3 aliphatic rings. The molecule has 0 amide bonds. The van der Waals surface area contributed by atoms with E-state index in [-0.39, 0.29) is 67.6 Å². The minimum atomic E-state index is -0.877. The van der Waals surface area contributed by atoms with Crippen molar-refractivity contribution in [3.63, 3.8) is 0 Å². The average Bonchev–Trinajstić information content (AvgIpc) is 3.48. The lowest BCUT2D eigenvalue weighted by Gasteiger charge is -2.32. The summed E-state index contributed by atoms with van der Waals surface area (Å²) in [6.07, 6.45) is 3.43. The highest BCUT2D eigenvalue weighted by atomic mass is 35.5. The third-order valence-electron chi connectivity index (χ3n) is 8.32. The number of benzene rings is 2. The number of cyclic esters (lactones) is 1. The van der Waals surface area contributed by atoms with Crippen molar-refractivity contribution in [2.45, 2.75) is 65.6 Å². The molecule has 7 nitrogen and oxygen atoms in total. The van der Waals surface area contributed by atoms with Crippen LogP contribution in [-0.2, 0) is 16.1 Å². The van der Waals surface area contributed by atoms with Crippen molar-refractivity contribution in [2.24, 2.45) is 23.2 Å². The van der Waals surface area contributed by atoms with Crippen LogP contribution in [0.25, 0.3) is 0 Å². The Kier molecular flexibility index (Phi) is 7.74. The molecule has 1 heterocycles. The van der Waals surface area contributed by atoms with Gasteiger partial charge in [0.2, 0.25) is 0 Å². The van der Waals surface area contributed by atoms with Gasteiger partial charge in [0.15, 0.2) is 11.5 Å². The number of esters is 2. The Bertz CT molecular complexity index is 1340. The Hall–Kier alpha value is -2.19. The highest BCUT2D eigenvalue weighted by Gasteiger charge is 2.54. The van der Waals surface area contributed by atoms with Crippen molar-refractivity contribution >= 4 is 46.7 Å². The molecule has 2 saturated carbocycles. The molecule has 0 spiro atoms. The van der Waals surface area contributed by atoms with Gasteiger partial charge in [0, 0.05) is 5.56 Å². The summed E-state index contributed by atoms with van der Waals surface area (Å²) in [4.78, 5) is 26.8. The molecule has 0 radical (unpaired) electrons. The first kappa shape index (κ1) is 28.3. The summed E-state index contributed by atoms with van der Waals surface area (Å²) in [6, 6.07) is 3.16. The topological polar surface area (TPSA) is 91.3 Å². The second-order valence-corrected chi connectivity index (χ2v) is 12.5. The molecule has 39 heavy (non-hydrogen) atoms. The molecular weight excluding hydrogens is 567 g/mol. The van der Waals surface area contributed by atoms with Crippen molar-refractivity contribution in [1.29, 1.82) is 0 Å². The number of halogens is 3. The third-order valence-corrected chi connectivity index (χ3v) is 9.67. The molecule has 2 aliphatic carbocycles. The Balaban J connectivity index is 1.60. The fourth-order valence-corrected chi connectivity index (χ4v) is 6.99. The van der Waals surface area contributed by atoms with Gasteiger partial charge in [-0.2, -0.15) is 0 Å². The number of hydrogen-bond donors (Lipinski definition) is 1. The Morgan fingerprint density at radius 1 is 1.15 bits per heavy atom. The molecule has 2 aromatic rings. The van der Waals surface area contributed by atoms with E-state index in [9.17, 15) is 14.7 Å². The van der Waals surface area contributed by atoms with Crippen LogP contribution in [-0.4, -0.2) is 24.2 Å². The van der Waals surface area contributed by atoms with Gasteiger partial charge in [0.05, 0.1) is 34.2 Å². The van der Waals surface area contributed by atoms with E-state index in [0.29, 0.717) is 17.9 Å². The third kappa shape index (κ3) is 4.86. The largest absolute Gasteiger partial charge is 0.495 e. The van der Waals surface area contributed by atoms with Gasteiger partial charge in [-0.3, -0.25) is 4.79 Å². The van der Waals surface area contributed by atoms with Crippen LogP contribution in [0.4, 0.5) is 0 Å². The van der Waals surface area contributed by atoms with E-state index < -0.39 is 23.5 Å². The molecule has 5 rings (SSSR count). The molecule has 4 atom stereocenters. The van der Waals surface area contributed by atoms with Crippen molar-refractivity contribution in [3.05, 3.63) is 43.9 Å². The molecular formula is C29H31Cl3O7. The van der Waals surface area contributed by atoms with Crippen LogP contribution in [0.3, 0.4) is 0 Å². The van der Waals surface area contributed by atoms with Crippen LogP contribution < -0.4 is 14.2 Å². The summed E-state index contributed by atoms with van der Waals surface area (Å²) in [6.45, 7) is 5.57. The van der Waals surface area contributed by atoms with Crippen LogP contribution in [0.2, 0.25) is 15.1 Å². The lowest BCUT2D eigenvalue weighted by molar-refractivity contribution is -0.148. The first-order valence-electron chi connectivity index (χ1n) is 13.1. The second kappa shape index (κ2) is 10.7. The maximum absolute atomic E-state index is 13.6. The molecule has 2 aromatic carbocycles. The number of aliphatic hydroxyl groups is 1. The molecule has 0 aromatic heterocycles. The lowest BCUT2D eigenvalue weighted by atomic mass is 9.75. The molecule has 1 aliphatic heterocycles. The lowest BCUT2D eigenvalue weighted by Crippen LogP contribution is -2.37. The minimum Gasteiger partial charge on any atom is -0.495 e.